The number of hydrogen-bond acceptors (Lipinski definition) is 2. The molecule has 0 bridgehead atoms. The quantitative estimate of drug-likeness (QED) is 0.400. The topological polar surface area (TPSA) is 33.1 Å². The Morgan fingerprint density at radius 3 is 2.50 bits per heavy atom. The summed E-state index contributed by atoms with van der Waals surface area (Å²) in [6.45, 7) is 0. The molecular formula is C27H26N4S. The van der Waals surface area contributed by atoms with E-state index in [2.05, 4.69) is 87.7 Å². The van der Waals surface area contributed by atoms with Gasteiger partial charge in [0.05, 0.1) is 17.8 Å². The number of hydrogen-bond donors (Lipinski definition) is 1. The van der Waals surface area contributed by atoms with Crippen LogP contribution in [-0.4, -0.2) is 25.6 Å². The number of fused-ring (bicyclic) bond motifs is 1. The third kappa shape index (κ3) is 3.28. The monoisotopic (exact) mass is 438 g/mol. The van der Waals surface area contributed by atoms with E-state index < -0.39 is 0 Å². The van der Waals surface area contributed by atoms with Crippen molar-refractivity contribution in [1.82, 2.24) is 19.8 Å². The van der Waals surface area contributed by atoms with E-state index in [1.54, 1.807) is 0 Å². The molecule has 2 aromatic carbocycles. The van der Waals surface area contributed by atoms with Gasteiger partial charge in [0.25, 0.3) is 0 Å². The molecule has 4 nitrogen and oxygen atoms in total. The second kappa shape index (κ2) is 8.06. The van der Waals surface area contributed by atoms with Crippen molar-refractivity contribution in [3.63, 3.8) is 0 Å². The first-order valence-electron chi connectivity index (χ1n) is 11.5. The molecule has 2 aliphatic rings. The third-order valence-electron chi connectivity index (χ3n) is 6.95. The fourth-order valence-electron chi connectivity index (χ4n) is 5.45. The fourth-order valence-corrected chi connectivity index (χ4v) is 5.84. The summed E-state index contributed by atoms with van der Waals surface area (Å²) in [5, 5.41) is 6.98. The van der Waals surface area contributed by atoms with Gasteiger partial charge in [-0.2, -0.15) is 0 Å². The van der Waals surface area contributed by atoms with Crippen molar-refractivity contribution in [2.75, 3.05) is 0 Å². The Bertz CT molecular complexity index is 1260. The second-order valence-corrected chi connectivity index (χ2v) is 9.19. The van der Waals surface area contributed by atoms with Gasteiger partial charge >= 0.3 is 0 Å². The van der Waals surface area contributed by atoms with Crippen LogP contribution in [-0.2, 0) is 0 Å². The Hall–Kier alpha value is -3.18. The first-order valence-corrected chi connectivity index (χ1v) is 11.9. The average Bonchev–Trinajstić information content (AvgIpc) is 3.59. The summed E-state index contributed by atoms with van der Waals surface area (Å²) in [6, 6.07) is 26.3. The molecule has 0 radical (unpaired) electrons. The van der Waals surface area contributed by atoms with Gasteiger partial charge in [-0.25, -0.2) is 0 Å². The largest absolute Gasteiger partial charge is 0.352 e. The Morgan fingerprint density at radius 2 is 1.69 bits per heavy atom. The zero-order valence-corrected chi connectivity index (χ0v) is 18.7. The summed E-state index contributed by atoms with van der Waals surface area (Å²) >= 11 is 5.91. The Balaban J connectivity index is 1.48. The molecule has 1 saturated carbocycles. The molecular weight excluding hydrogens is 412 g/mol. The van der Waals surface area contributed by atoms with Crippen LogP contribution in [0.1, 0.15) is 49.2 Å². The number of pyridine rings is 1. The zero-order valence-electron chi connectivity index (χ0n) is 17.9. The lowest BCUT2D eigenvalue weighted by molar-refractivity contribution is 0.239. The third-order valence-corrected chi connectivity index (χ3v) is 7.28. The highest BCUT2D eigenvalue weighted by Gasteiger charge is 2.44. The molecule has 4 aromatic rings. The molecule has 3 heterocycles. The van der Waals surface area contributed by atoms with Crippen LogP contribution >= 0.6 is 12.2 Å². The van der Waals surface area contributed by atoms with Gasteiger partial charge in [-0.1, -0.05) is 49.2 Å². The van der Waals surface area contributed by atoms with Crippen molar-refractivity contribution in [1.29, 1.82) is 0 Å². The van der Waals surface area contributed by atoms with E-state index in [1.165, 1.54) is 47.8 Å². The smallest absolute Gasteiger partial charge is 0.170 e. The Labute approximate surface area is 193 Å². The van der Waals surface area contributed by atoms with E-state index in [0.29, 0.717) is 6.04 Å². The van der Waals surface area contributed by atoms with Crippen molar-refractivity contribution in [3.8, 4) is 5.69 Å². The second-order valence-electron chi connectivity index (χ2n) is 8.81. The molecule has 1 saturated heterocycles. The lowest BCUT2D eigenvalue weighted by atomic mass is 9.99. The predicted octanol–water partition coefficient (Wildman–Crippen LogP) is 5.94. The first kappa shape index (κ1) is 19.5. The van der Waals surface area contributed by atoms with E-state index in [4.69, 9.17) is 17.2 Å². The van der Waals surface area contributed by atoms with Gasteiger partial charge in [-0.3, -0.25) is 4.98 Å². The molecule has 1 aliphatic heterocycles. The van der Waals surface area contributed by atoms with Crippen LogP contribution in [0.2, 0.25) is 0 Å². The number of nitrogens with one attached hydrogen (secondary N) is 1. The molecule has 2 aromatic heterocycles. The van der Waals surface area contributed by atoms with Crippen LogP contribution in [0.15, 0.2) is 85.2 Å². The van der Waals surface area contributed by atoms with E-state index in [0.717, 1.165) is 10.8 Å². The molecule has 0 spiro atoms. The zero-order chi connectivity index (χ0) is 21.5. The van der Waals surface area contributed by atoms with Crippen LogP contribution in [0.5, 0.6) is 0 Å². The summed E-state index contributed by atoms with van der Waals surface area (Å²) in [7, 11) is 0. The van der Waals surface area contributed by atoms with E-state index in [-0.39, 0.29) is 12.1 Å². The molecule has 0 unspecified atom stereocenters. The van der Waals surface area contributed by atoms with Crippen molar-refractivity contribution >= 4 is 28.1 Å². The van der Waals surface area contributed by atoms with Crippen molar-refractivity contribution in [3.05, 3.63) is 96.6 Å². The summed E-state index contributed by atoms with van der Waals surface area (Å²) in [5.41, 5.74) is 3.45. The van der Waals surface area contributed by atoms with Crippen LogP contribution in [0, 0.1) is 0 Å². The lowest BCUT2D eigenvalue weighted by Crippen LogP contribution is -2.38. The van der Waals surface area contributed by atoms with Gasteiger partial charge in [0.1, 0.15) is 0 Å². The molecule has 5 heteroatoms. The molecule has 2 fully saturated rings. The Morgan fingerprint density at radius 1 is 0.875 bits per heavy atom. The molecule has 160 valence electrons. The van der Waals surface area contributed by atoms with Crippen molar-refractivity contribution in [2.45, 2.75) is 43.8 Å². The highest BCUT2D eigenvalue weighted by Crippen LogP contribution is 2.43. The SMILES string of the molecule is S=C1N[C@@H](c2ccccn2)[C@@H](c2cccn2-c2ccc3ccccc3c2)N1C1CCCC1. The molecule has 1 N–H and O–H groups in total. The number of aromatic nitrogens is 2. The molecule has 6 rings (SSSR count). The highest BCUT2D eigenvalue weighted by molar-refractivity contribution is 7.80. The van der Waals surface area contributed by atoms with Gasteiger partial charge in [-0.15, -0.1) is 0 Å². The van der Waals surface area contributed by atoms with Gasteiger partial charge in [-0.05, 0) is 72.2 Å². The van der Waals surface area contributed by atoms with Gasteiger partial charge in [0, 0.05) is 29.8 Å². The lowest BCUT2D eigenvalue weighted by Gasteiger charge is -2.33. The minimum Gasteiger partial charge on any atom is -0.352 e. The highest BCUT2D eigenvalue weighted by atomic mass is 32.1. The summed E-state index contributed by atoms with van der Waals surface area (Å²) < 4.78 is 2.32. The molecule has 0 amide bonds. The van der Waals surface area contributed by atoms with Crippen LogP contribution < -0.4 is 5.32 Å². The maximum absolute atomic E-state index is 5.91. The van der Waals surface area contributed by atoms with E-state index in [9.17, 15) is 0 Å². The van der Waals surface area contributed by atoms with Crippen LogP contribution in [0.4, 0.5) is 0 Å². The van der Waals surface area contributed by atoms with E-state index in [1.807, 2.05) is 12.3 Å². The van der Waals surface area contributed by atoms with Gasteiger partial charge in [0.15, 0.2) is 5.11 Å². The first-order chi connectivity index (χ1) is 15.8. The standard InChI is InChI=1S/C27H26N4S/c32-27-29-25(23-12-5-6-16-28-23)26(31(27)21-10-3-4-11-21)24-13-7-17-30(24)22-15-14-19-8-1-2-9-20(19)18-22/h1-2,5-9,12-18,21,25-26H,3-4,10-11H2,(H,29,32)/t25-,26+/m0/s1. The average molecular weight is 439 g/mol. The maximum Gasteiger partial charge on any atom is 0.170 e. The van der Waals surface area contributed by atoms with Crippen LogP contribution in [0.3, 0.4) is 0 Å². The van der Waals surface area contributed by atoms with Crippen LogP contribution in [0.25, 0.3) is 16.5 Å². The fraction of sp³-hybridized carbons (Fsp3) is 0.259. The normalized spacial score (nSPS) is 21.4. The van der Waals surface area contributed by atoms with Crippen molar-refractivity contribution < 1.29 is 0 Å². The minimum absolute atomic E-state index is 0.0263. The van der Waals surface area contributed by atoms with E-state index >= 15 is 0 Å². The predicted molar refractivity (Wildman–Crippen MR) is 133 cm³/mol. The number of rotatable bonds is 4. The number of benzene rings is 2. The van der Waals surface area contributed by atoms with Crippen molar-refractivity contribution in [2.24, 2.45) is 0 Å². The summed E-state index contributed by atoms with van der Waals surface area (Å²) in [5.74, 6) is 0. The molecule has 1 aliphatic carbocycles. The number of thiocarbonyl (C=S) groups is 1. The minimum atomic E-state index is 0.0263. The van der Waals surface area contributed by atoms with Gasteiger partial charge in [0.2, 0.25) is 0 Å². The Kier molecular flexibility index (Phi) is 4.91. The number of nitrogens with zero attached hydrogens (tertiary/aromatic N) is 3. The molecule has 32 heavy (non-hydrogen) atoms. The van der Waals surface area contributed by atoms with Gasteiger partial charge < -0.3 is 14.8 Å². The summed E-state index contributed by atoms with van der Waals surface area (Å²) in [6.07, 6.45) is 8.99. The maximum atomic E-state index is 5.91. The summed E-state index contributed by atoms with van der Waals surface area (Å²) in [4.78, 5) is 7.17. The molecule has 2 atom stereocenters.